The highest BCUT2D eigenvalue weighted by molar-refractivity contribution is 5.93. The fraction of sp³-hybridized carbons (Fsp3) is 0.643. The van der Waals surface area contributed by atoms with Crippen LogP contribution < -0.4 is 5.32 Å². The number of ether oxygens (including phenoxy) is 1. The van der Waals surface area contributed by atoms with E-state index in [0.29, 0.717) is 18.6 Å². The third-order valence-electron chi connectivity index (χ3n) is 4.08. The second-order valence-corrected chi connectivity index (χ2v) is 5.61. The Bertz CT molecular complexity index is 527. The fourth-order valence-corrected chi connectivity index (χ4v) is 2.68. The summed E-state index contributed by atoms with van der Waals surface area (Å²) >= 11 is 0. The van der Waals surface area contributed by atoms with Crippen LogP contribution in [-0.2, 0) is 16.1 Å². The topological polar surface area (TPSA) is 102 Å². The van der Waals surface area contributed by atoms with Gasteiger partial charge in [-0.05, 0) is 19.8 Å². The van der Waals surface area contributed by atoms with Crippen molar-refractivity contribution >= 4 is 11.9 Å². The maximum Gasteiger partial charge on any atom is 0.311 e. The molecule has 1 heterocycles. The summed E-state index contributed by atoms with van der Waals surface area (Å²) in [4.78, 5) is 23.7. The lowest BCUT2D eigenvalue weighted by Gasteiger charge is -2.38. The van der Waals surface area contributed by atoms with Gasteiger partial charge in [0.25, 0.3) is 5.91 Å². The second kappa shape index (κ2) is 6.26. The number of rotatable bonds is 5. The van der Waals surface area contributed by atoms with E-state index in [0.717, 1.165) is 12.8 Å². The highest BCUT2D eigenvalue weighted by Gasteiger charge is 2.44. The lowest BCUT2D eigenvalue weighted by molar-refractivity contribution is -0.151. The van der Waals surface area contributed by atoms with Gasteiger partial charge in [0.05, 0.1) is 5.41 Å². The van der Waals surface area contributed by atoms with Crippen LogP contribution in [0.15, 0.2) is 10.6 Å². The number of carboxylic acid groups (broad SMARTS) is 1. The van der Waals surface area contributed by atoms with Crippen LogP contribution in [0, 0.1) is 5.41 Å². The Morgan fingerprint density at radius 2 is 2.33 bits per heavy atom. The first kappa shape index (κ1) is 15.5. The van der Waals surface area contributed by atoms with Crippen LogP contribution >= 0.6 is 0 Å². The van der Waals surface area contributed by atoms with Crippen LogP contribution in [0.5, 0.6) is 0 Å². The first-order chi connectivity index (χ1) is 9.97. The molecule has 2 rings (SSSR count). The molecule has 116 valence electrons. The first-order valence-electron chi connectivity index (χ1n) is 6.96. The smallest absolute Gasteiger partial charge is 0.311 e. The van der Waals surface area contributed by atoms with E-state index in [-0.39, 0.29) is 12.3 Å². The van der Waals surface area contributed by atoms with Gasteiger partial charge in [0.1, 0.15) is 6.61 Å². The summed E-state index contributed by atoms with van der Waals surface area (Å²) in [6.07, 6.45) is 2.97. The number of hydrogen-bond donors (Lipinski definition) is 2. The third-order valence-corrected chi connectivity index (χ3v) is 4.08. The van der Waals surface area contributed by atoms with Gasteiger partial charge in [-0.1, -0.05) is 18.0 Å². The van der Waals surface area contributed by atoms with Gasteiger partial charge >= 0.3 is 5.97 Å². The minimum absolute atomic E-state index is 0.139. The number of nitrogens with zero attached hydrogens (tertiary/aromatic N) is 1. The summed E-state index contributed by atoms with van der Waals surface area (Å²) < 4.78 is 9.85. The molecule has 1 fully saturated rings. The van der Waals surface area contributed by atoms with Gasteiger partial charge in [0.15, 0.2) is 11.5 Å². The van der Waals surface area contributed by atoms with E-state index in [2.05, 4.69) is 10.5 Å². The number of carbonyl (C=O) groups is 2. The Kier molecular flexibility index (Phi) is 4.62. The molecule has 0 saturated heterocycles. The molecular formula is C14H20N2O5. The number of aliphatic carboxylic acids is 1. The van der Waals surface area contributed by atoms with Crippen LogP contribution in [0.4, 0.5) is 0 Å². The maximum absolute atomic E-state index is 12.2. The minimum atomic E-state index is -0.937. The van der Waals surface area contributed by atoms with Crippen molar-refractivity contribution in [3.63, 3.8) is 0 Å². The first-order valence-corrected chi connectivity index (χ1v) is 6.96. The molecule has 1 saturated carbocycles. The largest absolute Gasteiger partial charge is 0.481 e. The number of amides is 1. The van der Waals surface area contributed by atoms with E-state index in [4.69, 9.17) is 9.26 Å². The molecule has 0 aliphatic heterocycles. The van der Waals surface area contributed by atoms with Crippen molar-refractivity contribution in [3.8, 4) is 0 Å². The zero-order valence-corrected chi connectivity index (χ0v) is 12.2. The zero-order chi connectivity index (χ0) is 15.5. The molecule has 2 unspecified atom stereocenters. The highest BCUT2D eigenvalue weighted by atomic mass is 16.5. The van der Waals surface area contributed by atoms with Crippen LogP contribution in [0.1, 0.15) is 48.9 Å². The predicted octanol–water partition coefficient (Wildman–Crippen LogP) is 1.58. The number of nitrogens with one attached hydrogen (secondary N) is 1. The SMILES string of the molecule is COCc1cc(C(=O)NC2CCCCC2(C)C(=O)O)no1. The fourth-order valence-electron chi connectivity index (χ4n) is 2.68. The average Bonchev–Trinajstić information content (AvgIpc) is 2.90. The van der Waals surface area contributed by atoms with E-state index in [1.165, 1.54) is 13.2 Å². The van der Waals surface area contributed by atoms with E-state index in [1.54, 1.807) is 6.92 Å². The van der Waals surface area contributed by atoms with Crippen LogP contribution in [-0.4, -0.2) is 35.3 Å². The van der Waals surface area contributed by atoms with Gasteiger partial charge in [-0.3, -0.25) is 9.59 Å². The summed E-state index contributed by atoms with van der Waals surface area (Å²) in [5.74, 6) is -0.847. The molecule has 0 aromatic carbocycles. The lowest BCUT2D eigenvalue weighted by Crippen LogP contribution is -2.52. The van der Waals surface area contributed by atoms with Crippen LogP contribution in [0.25, 0.3) is 0 Å². The third kappa shape index (κ3) is 3.24. The molecule has 0 spiro atoms. The molecule has 7 heteroatoms. The van der Waals surface area contributed by atoms with Gasteiger partial charge in [0, 0.05) is 19.2 Å². The molecule has 1 aliphatic carbocycles. The number of carboxylic acids is 1. The molecule has 7 nitrogen and oxygen atoms in total. The van der Waals surface area contributed by atoms with E-state index < -0.39 is 23.3 Å². The van der Waals surface area contributed by atoms with Gasteiger partial charge in [-0.2, -0.15) is 0 Å². The van der Waals surface area contributed by atoms with E-state index in [1.807, 2.05) is 0 Å². The monoisotopic (exact) mass is 296 g/mol. The van der Waals surface area contributed by atoms with E-state index in [9.17, 15) is 14.7 Å². The van der Waals surface area contributed by atoms with Crippen molar-refractivity contribution in [3.05, 3.63) is 17.5 Å². The molecular weight excluding hydrogens is 276 g/mol. The number of hydrogen-bond acceptors (Lipinski definition) is 5. The van der Waals surface area contributed by atoms with Gasteiger partial charge < -0.3 is 19.7 Å². The molecule has 21 heavy (non-hydrogen) atoms. The zero-order valence-electron chi connectivity index (χ0n) is 12.2. The Morgan fingerprint density at radius 1 is 1.57 bits per heavy atom. The molecule has 1 aromatic heterocycles. The second-order valence-electron chi connectivity index (χ2n) is 5.61. The van der Waals surface area contributed by atoms with Crippen molar-refractivity contribution in [1.29, 1.82) is 0 Å². The molecule has 1 aliphatic rings. The summed E-state index contributed by atoms with van der Waals surface area (Å²) in [5.41, 5.74) is -0.798. The quantitative estimate of drug-likeness (QED) is 0.855. The van der Waals surface area contributed by atoms with Crippen molar-refractivity contribution in [1.82, 2.24) is 10.5 Å². The highest BCUT2D eigenvalue weighted by Crippen LogP contribution is 2.36. The van der Waals surface area contributed by atoms with Crippen molar-refractivity contribution in [2.75, 3.05) is 7.11 Å². The number of carbonyl (C=O) groups excluding carboxylic acids is 1. The molecule has 0 radical (unpaired) electrons. The van der Waals surface area contributed by atoms with Crippen LogP contribution in [0.3, 0.4) is 0 Å². The molecule has 1 aromatic rings. The Balaban J connectivity index is 2.07. The Hall–Kier alpha value is -1.89. The molecule has 0 bridgehead atoms. The number of methoxy groups -OCH3 is 1. The van der Waals surface area contributed by atoms with Crippen molar-refractivity contribution in [2.45, 2.75) is 45.3 Å². The summed E-state index contributed by atoms with van der Waals surface area (Å²) in [6, 6.07) is 1.10. The summed E-state index contributed by atoms with van der Waals surface area (Å²) in [5, 5.41) is 15.9. The van der Waals surface area contributed by atoms with Crippen molar-refractivity contribution in [2.24, 2.45) is 5.41 Å². The average molecular weight is 296 g/mol. The Labute approximate surface area is 122 Å². The van der Waals surface area contributed by atoms with Crippen LogP contribution in [0.2, 0.25) is 0 Å². The summed E-state index contributed by atoms with van der Waals surface area (Å²) in [6.45, 7) is 1.91. The summed E-state index contributed by atoms with van der Waals surface area (Å²) in [7, 11) is 1.52. The standard InChI is InChI=1S/C14H20N2O5/c1-14(13(18)19)6-4-3-5-11(14)15-12(17)10-7-9(8-20-2)21-16-10/h7,11H,3-6,8H2,1-2H3,(H,15,17)(H,18,19). The van der Waals surface area contributed by atoms with Gasteiger partial charge in [-0.15, -0.1) is 0 Å². The minimum Gasteiger partial charge on any atom is -0.481 e. The van der Waals surface area contributed by atoms with Crippen molar-refractivity contribution < 1.29 is 24.0 Å². The normalized spacial score (nSPS) is 25.5. The predicted molar refractivity (Wildman–Crippen MR) is 72.7 cm³/mol. The number of aromatic nitrogens is 1. The van der Waals surface area contributed by atoms with Gasteiger partial charge in [-0.25, -0.2) is 0 Å². The molecule has 1 amide bonds. The lowest BCUT2D eigenvalue weighted by atomic mass is 9.71. The van der Waals surface area contributed by atoms with Gasteiger partial charge in [0.2, 0.25) is 0 Å². The molecule has 2 atom stereocenters. The van der Waals surface area contributed by atoms with E-state index >= 15 is 0 Å². The Morgan fingerprint density at radius 3 is 3.00 bits per heavy atom. The maximum atomic E-state index is 12.2. The molecule has 2 N–H and O–H groups in total.